The third-order valence-electron chi connectivity index (χ3n) is 3.19. The molecule has 0 radical (unpaired) electrons. The second-order valence-corrected chi connectivity index (χ2v) is 4.98. The maximum absolute atomic E-state index is 11.9. The molecule has 0 saturated carbocycles. The van der Waals surface area contributed by atoms with E-state index in [1.54, 1.807) is 55.6 Å². The standard InChI is InChI=1S/C19H18N2O4/c1-3-11-20-19(23)14-7-9-16(10-8-14)25-13-18(22)21-15-5-4-6-17(12-15)24-2/h1,4-10,12H,11,13H2,2H3,(H,20,23)(H,21,22). The van der Waals surface area contributed by atoms with Gasteiger partial charge in [-0.05, 0) is 36.4 Å². The van der Waals surface area contributed by atoms with Gasteiger partial charge in [-0.2, -0.15) is 0 Å². The van der Waals surface area contributed by atoms with Gasteiger partial charge in [0.2, 0.25) is 0 Å². The van der Waals surface area contributed by atoms with E-state index in [-0.39, 0.29) is 25.0 Å². The number of nitrogens with one attached hydrogen (secondary N) is 2. The lowest BCUT2D eigenvalue weighted by Gasteiger charge is -2.09. The molecule has 0 bridgehead atoms. The van der Waals surface area contributed by atoms with Gasteiger partial charge in [0, 0.05) is 17.3 Å². The van der Waals surface area contributed by atoms with Gasteiger partial charge in [0.25, 0.3) is 11.8 Å². The highest BCUT2D eigenvalue weighted by Crippen LogP contribution is 2.17. The Bertz CT molecular complexity index is 779. The van der Waals surface area contributed by atoms with E-state index in [2.05, 4.69) is 16.6 Å². The zero-order chi connectivity index (χ0) is 18.1. The lowest BCUT2D eigenvalue weighted by atomic mass is 10.2. The van der Waals surface area contributed by atoms with Gasteiger partial charge in [-0.25, -0.2) is 0 Å². The number of terminal acetylenes is 1. The van der Waals surface area contributed by atoms with Crippen molar-refractivity contribution >= 4 is 17.5 Å². The molecule has 0 unspecified atom stereocenters. The van der Waals surface area contributed by atoms with Crippen LogP contribution in [0.25, 0.3) is 0 Å². The molecular weight excluding hydrogens is 320 g/mol. The Balaban J connectivity index is 1.85. The second-order valence-electron chi connectivity index (χ2n) is 4.98. The summed E-state index contributed by atoms with van der Waals surface area (Å²) in [5, 5.41) is 5.28. The minimum atomic E-state index is -0.302. The zero-order valence-corrected chi connectivity index (χ0v) is 13.7. The van der Waals surface area contributed by atoms with E-state index in [0.717, 1.165) is 0 Å². The van der Waals surface area contributed by atoms with Crippen LogP contribution in [0, 0.1) is 12.3 Å². The van der Waals surface area contributed by atoms with Gasteiger partial charge in [-0.15, -0.1) is 6.42 Å². The van der Waals surface area contributed by atoms with E-state index in [9.17, 15) is 9.59 Å². The van der Waals surface area contributed by atoms with Gasteiger partial charge in [0.05, 0.1) is 13.7 Å². The summed E-state index contributed by atoms with van der Waals surface area (Å²) >= 11 is 0. The SMILES string of the molecule is C#CCNC(=O)c1ccc(OCC(=O)Nc2cccc(OC)c2)cc1. The Morgan fingerprint density at radius 1 is 1.12 bits per heavy atom. The van der Waals surface area contributed by atoms with E-state index in [4.69, 9.17) is 15.9 Å². The normalized spacial score (nSPS) is 9.60. The molecular formula is C19H18N2O4. The summed E-state index contributed by atoms with van der Waals surface area (Å²) in [5.74, 6) is 2.90. The molecule has 0 aliphatic carbocycles. The van der Waals surface area contributed by atoms with Crippen LogP contribution >= 0.6 is 0 Å². The summed E-state index contributed by atoms with van der Waals surface area (Å²) in [5.41, 5.74) is 1.08. The first-order valence-corrected chi connectivity index (χ1v) is 7.51. The quantitative estimate of drug-likeness (QED) is 0.758. The van der Waals surface area contributed by atoms with Crippen molar-refractivity contribution in [1.29, 1.82) is 0 Å². The number of carbonyl (C=O) groups excluding carboxylic acids is 2. The summed E-state index contributed by atoms with van der Waals surface area (Å²) in [4.78, 5) is 23.6. The number of hydrogen-bond donors (Lipinski definition) is 2. The molecule has 6 nitrogen and oxygen atoms in total. The fraction of sp³-hybridized carbons (Fsp3) is 0.158. The van der Waals surface area contributed by atoms with Crippen LogP contribution in [0.1, 0.15) is 10.4 Å². The van der Waals surface area contributed by atoms with Crippen molar-refractivity contribution in [2.24, 2.45) is 0 Å². The Morgan fingerprint density at radius 2 is 1.88 bits per heavy atom. The molecule has 0 atom stereocenters. The maximum atomic E-state index is 11.9. The van der Waals surface area contributed by atoms with Gasteiger partial charge >= 0.3 is 0 Å². The largest absolute Gasteiger partial charge is 0.497 e. The van der Waals surface area contributed by atoms with Gasteiger partial charge in [-0.1, -0.05) is 12.0 Å². The van der Waals surface area contributed by atoms with E-state index in [1.165, 1.54) is 0 Å². The van der Waals surface area contributed by atoms with Crippen molar-refractivity contribution < 1.29 is 19.1 Å². The Labute approximate surface area is 146 Å². The molecule has 0 heterocycles. The topological polar surface area (TPSA) is 76.7 Å². The van der Waals surface area contributed by atoms with Crippen molar-refractivity contribution in [3.8, 4) is 23.8 Å². The molecule has 2 rings (SSSR count). The molecule has 0 spiro atoms. The van der Waals surface area contributed by atoms with Crippen LogP contribution in [0.4, 0.5) is 5.69 Å². The summed E-state index contributed by atoms with van der Waals surface area (Å²) in [6.07, 6.45) is 5.09. The number of carbonyl (C=O) groups is 2. The number of methoxy groups -OCH3 is 1. The van der Waals surface area contributed by atoms with Gasteiger partial charge < -0.3 is 20.1 Å². The van der Waals surface area contributed by atoms with Gasteiger partial charge in [0.1, 0.15) is 11.5 Å². The van der Waals surface area contributed by atoms with Crippen molar-refractivity contribution in [2.75, 3.05) is 25.6 Å². The first-order chi connectivity index (χ1) is 12.1. The van der Waals surface area contributed by atoms with Crippen LogP contribution in [0.5, 0.6) is 11.5 Å². The lowest BCUT2D eigenvalue weighted by Crippen LogP contribution is -2.23. The third kappa shape index (κ3) is 5.59. The molecule has 0 aromatic heterocycles. The number of benzene rings is 2. The molecule has 25 heavy (non-hydrogen) atoms. The Kier molecular flexibility index (Phi) is 6.43. The van der Waals surface area contributed by atoms with Crippen LogP contribution in [0.2, 0.25) is 0 Å². The molecule has 0 aliphatic rings. The first-order valence-electron chi connectivity index (χ1n) is 7.51. The molecule has 2 aromatic rings. The molecule has 0 saturated heterocycles. The van der Waals surface area contributed by atoms with Crippen molar-refractivity contribution in [3.05, 3.63) is 54.1 Å². The summed E-state index contributed by atoms with van der Waals surface area (Å²) in [6.45, 7) is 0.0153. The van der Waals surface area contributed by atoms with Crippen LogP contribution in [-0.4, -0.2) is 32.1 Å². The van der Waals surface area contributed by atoms with Crippen molar-refractivity contribution in [2.45, 2.75) is 0 Å². The van der Waals surface area contributed by atoms with E-state index in [1.807, 2.05) is 0 Å². The highest BCUT2D eigenvalue weighted by molar-refractivity contribution is 5.94. The van der Waals surface area contributed by atoms with E-state index < -0.39 is 0 Å². The average molecular weight is 338 g/mol. The fourth-order valence-electron chi connectivity index (χ4n) is 1.98. The number of anilines is 1. The van der Waals surface area contributed by atoms with Gasteiger partial charge in [-0.3, -0.25) is 9.59 Å². The smallest absolute Gasteiger partial charge is 0.262 e. The minimum Gasteiger partial charge on any atom is -0.497 e. The molecule has 2 aromatic carbocycles. The lowest BCUT2D eigenvalue weighted by molar-refractivity contribution is -0.118. The number of ether oxygens (including phenoxy) is 2. The first kappa shape index (κ1) is 17.9. The van der Waals surface area contributed by atoms with Crippen molar-refractivity contribution in [1.82, 2.24) is 5.32 Å². The molecule has 2 N–H and O–H groups in total. The van der Waals surface area contributed by atoms with Gasteiger partial charge in [0.15, 0.2) is 6.61 Å². The zero-order valence-electron chi connectivity index (χ0n) is 13.7. The molecule has 0 fully saturated rings. The number of hydrogen-bond acceptors (Lipinski definition) is 4. The minimum absolute atomic E-state index is 0.153. The predicted octanol–water partition coefficient (Wildman–Crippen LogP) is 2.08. The monoisotopic (exact) mass is 338 g/mol. The maximum Gasteiger partial charge on any atom is 0.262 e. The summed E-state index contributed by atoms with van der Waals surface area (Å²) in [7, 11) is 1.56. The van der Waals surface area contributed by atoms with Crippen LogP contribution in [0.15, 0.2) is 48.5 Å². The highest BCUT2D eigenvalue weighted by atomic mass is 16.5. The number of rotatable bonds is 7. The van der Waals surface area contributed by atoms with Crippen LogP contribution in [-0.2, 0) is 4.79 Å². The van der Waals surface area contributed by atoms with E-state index in [0.29, 0.717) is 22.7 Å². The predicted molar refractivity (Wildman–Crippen MR) is 94.7 cm³/mol. The van der Waals surface area contributed by atoms with Crippen LogP contribution in [0.3, 0.4) is 0 Å². The Morgan fingerprint density at radius 3 is 2.56 bits per heavy atom. The summed E-state index contributed by atoms with van der Waals surface area (Å²) in [6, 6.07) is 13.5. The molecule has 128 valence electrons. The Hall–Kier alpha value is -3.46. The molecule has 6 heteroatoms. The van der Waals surface area contributed by atoms with E-state index >= 15 is 0 Å². The number of amides is 2. The summed E-state index contributed by atoms with van der Waals surface area (Å²) < 4.78 is 10.5. The fourth-order valence-corrected chi connectivity index (χ4v) is 1.98. The second kappa shape index (κ2) is 8.99. The molecule has 2 amide bonds. The van der Waals surface area contributed by atoms with Crippen molar-refractivity contribution in [3.63, 3.8) is 0 Å². The average Bonchev–Trinajstić information content (AvgIpc) is 2.65. The van der Waals surface area contributed by atoms with Crippen LogP contribution < -0.4 is 20.1 Å². The molecule has 0 aliphatic heterocycles. The third-order valence-corrected chi connectivity index (χ3v) is 3.19. The highest BCUT2D eigenvalue weighted by Gasteiger charge is 2.07.